The fraction of sp³-hybridized carbons (Fsp3) is 0.308. The van der Waals surface area contributed by atoms with Crippen LogP contribution in [0, 0.1) is 5.92 Å². The molecule has 0 saturated heterocycles. The molecule has 4 aromatic carbocycles. The highest BCUT2D eigenvalue weighted by atomic mass is 16.5. The highest BCUT2D eigenvalue weighted by Gasteiger charge is 2.31. The number of anilines is 4. The number of nitrogens with one attached hydrogen (secondary N) is 3. The predicted octanol–water partition coefficient (Wildman–Crippen LogP) is 5.45. The van der Waals surface area contributed by atoms with E-state index in [1.54, 1.807) is 78.7 Å². The molecule has 4 amide bonds. The van der Waals surface area contributed by atoms with Gasteiger partial charge in [-0.1, -0.05) is 31.2 Å². The van der Waals surface area contributed by atoms with E-state index in [0.29, 0.717) is 65.0 Å². The normalized spacial score (nSPS) is 16.5. The topological polar surface area (TPSA) is 158 Å². The van der Waals surface area contributed by atoms with E-state index in [-0.39, 0.29) is 42.9 Å². The van der Waals surface area contributed by atoms with Crippen LogP contribution in [-0.4, -0.2) is 78.8 Å². The highest BCUT2D eigenvalue weighted by Crippen LogP contribution is 2.30. The highest BCUT2D eigenvalue weighted by molar-refractivity contribution is 6.05. The summed E-state index contributed by atoms with van der Waals surface area (Å²) in [6.45, 7) is 5.23. The van der Waals surface area contributed by atoms with Crippen molar-refractivity contribution in [3.63, 3.8) is 0 Å². The summed E-state index contributed by atoms with van der Waals surface area (Å²) in [6.07, 6.45) is -0.270. The summed E-state index contributed by atoms with van der Waals surface area (Å²) < 4.78 is 11.8. The van der Waals surface area contributed by atoms with Crippen molar-refractivity contribution in [1.29, 1.82) is 0 Å². The van der Waals surface area contributed by atoms with Gasteiger partial charge >= 0.3 is 6.03 Å². The summed E-state index contributed by atoms with van der Waals surface area (Å²) in [6, 6.07) is 26.0. The Morgan fingerprint density at radius 2 is 1.69 bits per heavy atom. The minimum absolute atomic E-state index is 0.0430. The number of benzene rings is 4. The van der Waals surface area contributed by atoms with E-state index in [4.69, 9.17) is 15.2 Å². The summed E-state index contributed by atoms with van der Waals surface area (Å²) in [5.41, 5.74) is 10.3. The molecular weight excluding hydrogens is 648 g/mol. The molecule has 0 fully saturated rings. The summed E-state index contributed by atoms with van der Waals surface area (Å²) >= 11 is 0. The number of carbonyl (C=O) groups is 3. The van der Waals surface area contributed by atoms with Crippen molar-refractivity contribution in [3.05, 3.63) is 108 Å². The Hall–Kier alpha value is -5.59. The number of aliphatic hydroxyl groups excluding tert-OH is 1. The van der Waals surface area contributed by atoms with Crippen LogP contribution >= 0.6 is 0 Å². The second kappa shape index (κ2) is 16.9. The van der Waals surface area contributed by atoms with Crippen molar-refractivity contribution in [1.82, 2.24) is 9.80 Å². The van der Waals surface area contributed by atoms with Gasteiger partial charge in [-0.05, 0) is 86.3 Å². The maximum atomic E-state index is 13.6. The molecule has 12 nitrogen and oxygen atoms in total. The number of nitrogen functional groups attached to an aromatic ring is 1. The molecule has 0 aliphatic carbocycles. The molecule has 0 unspecified atom stereocenters. The Morgan fingerprint density at radius 1 is 1.00 bits per heavy atom. The number of urea groups is 1. The Kier molecular flexibility index (Phi) is 12.1. The van der Waals surface area contributed by atoms with Crippen molar-refractivity contribution in [3.8, 4) is 11.5 Å². The summed E-state index contributed by atoms with van der Waals surface area (Å²) in [4.78, 5) is 43.1. The zero-order chi connectivity index (χ0) is 36.5. The van der Waals surface area contributed by atoms with Crippen LogP contribution in [0.25, 0.3) is 0 Å². The summed E-state index contributed by atoms with van der Waals surface area (Å²) in [7, 11) is 3.57. The first kappa shape index (κ1) is 36.7. The summed E-state index contributed by atoms with van der Waals surface area (Å²) in [5.74, 6) is 0.772. The minimum atomic E-state index is -0.436. The van der Waals surface area contributed by atoms with Crippen LogP contribution < -0.4 is 31.2 Å². The molecule has 3 atom stereocenters. The number of methoxy groups -OCH3 is 1. The van der Waals surface area contributed by atoms with Gasteiger partial charge in [-0.3, -0.25) is 14.5 Å². The largest absolute Gasteiger partial charge is 0.497 e. The Labute approximate surface area is 298 Å². The van der Waals surface area contributed by atoms with Gasteiger partial charge in [0.15, 0.2) is 0 Å². The maximum Gasteiger partial charge on any atom is 0.323 e. The number of nitrogens with zero attached hydrogens (tertiary/aromatic N) is 2. The second-order valence-electron chi connectivity index (χ2n) is 13.0. The first-order valence-electron chi connectivity index (χ1n) is 16.9. The van der Waals surface area contributed by atoms with Gasteiger partial charge in [0.05, 0.1) is 37.6 Å². The first-order valence-corrected chi connectivity index (χ1v) is 16.9. The lowest BCUT2D eigenvalue weighted by molar-refractivity contribution is -0.134. The molecular formula is C39H46N6O6. The van der Waals surface area contributed by atoms with Crippen LogP contribution in [0.3, 0.4) is 0 Å². The van der Waals surface area contributed by atoms with E-state index in [9.17, 15) is 19.5 Å². The molecule has 1 aliphatic rings. The molecule has 1 aliphatic heterocycles. The standard InChI is InChI=1S/C39H46N6O6/c1-25-21-45(26(2)24-46)37(47)20-29-19-31(42-39(49)41-30-13-16-32(50-4)17-14-30)15-18-35(29)51-36(25)23-44(3)22-27-9-11-28(12-10-27)38(48)43-34-8-6-5-7-33(34)40/h5-19,25-26,36,46H,20-24,40H2,1-4H3,(H,43,48)(H2,41,42,49)/t25-,26+,36-/m1/s1. The van der Waals surface area contributed by atoms with E-state index in [1.807, 2.05) is 45.2 Å². The number of ether oxygens (including phenoxy) is 2. The average molecular weight is 695 g/mol. The van der Waals surface area contributed by atoms with E-state index in [0.717, 1.165) is 5.56 Å². The number of carbonyl (C=O) groups excluding carboxylic acids is 3. The first-order chi connectivity index (χ1) is 24.5. The third kappa shape index (κ3) is 9.77. The lowest BCUT2D eigenvalue weighted by Gasteiger charge is -2.34. The molecule has 0 saturated carbocycles. The van der Waals surface area contributed by atoms with Crippen molar-refractivity contribution in [2.45, 2.75) is 39.0 Å². The van der Waals surface area contributed by atoms with Gasteiger partial charge in [0, 0.05) is 48.1 Å². The van der Waals surface area contributed by atoms with Crippen LogP contribution in [0.5, 0.6) is 11.5 Å². The van der Waals surface area contributed by atoms with Gasteiger partial charge in [-0.15, -0.1) is 0 Å². The van der Waals surface area contributed by atoms with Gasteiger partial charge in [0.2, 0.25) is 5.91 Å². The molecule has 12 heteroatoms. The number of hydrogen-bond donors (Lipinski definition) is 5. The molecule has 0 bridgehead atoms. The monoisotopic (exact) mass is 694 g/mol. The average Bonchev–Trinajstić information content (AvgIpc) is 3.16. The van der Waals surface area contributed by atoms with Crippen molar-refractivity contribution < 1.29 is 29.0 Å². The van der Waals surface area contributed by atoms with E-state index in [2.05, 4.69) is 20.9 Å². The van der Waals surface area contributed by atoms with Crippen LogP contribution in [0.1, 0.15) is 35.3 Å². The van der Waals surface area contributed by atoms with Crippen molar-refractivity contribution in [2.24, 2.45) is 5.92 Å². The van der Waals surface area contributed by atoms with Gasteiger partial charge in [-0.2, -0.15) is 0 Å². The number of fused-ring (bicyclic) bond motifs is 1. The molecule has 0 aromatic heterocycles. The molecule has 0 radical (unpaired) electrons. The Bertz CT molecular complexity index is 1820. The number of hydrogen-bond acceptors (Lipinski definition) is 8. The fourth-order valence-electron chi connectivity index (χ4n) is 5.94. The minimum Gasteiger partial charge on any atom is -0.497 e. The molecule has 51 heavy (non-hydrogen) atoms. The van der Waals surface area contributed by atoms with Crippen LogP contribution in [-0.2, 0) is 17.8 Å². The molecule has 268 valence electrons. The number of nitrogens with two attached hydrogens (primary N) is 1. The molecule has 0 spiro atoms. The van der Waals surface area contributed by atoms with Gasteiger partial charge in [0.1, 0.15) is 17.6 Å². The van der Waals surface area contributed by atoms with E-state index < -0.39 is 6.03 Å². The van der Waals surface area contributed by atoms with E-state index in [1.165, 1.54) is 0 Å². The molecule has 4 aromatic rings. The van der Waals surface area contributed by atoms with Gasteiger partial charge in [0.25, 0.3) is 5.91 Å². The maximum absolute atomic E-state index is 13.6. The lowest BCUT2D eigenvalue weighted by atomic mass is 10.0. The predicted molar refractivity (Wildman–Crippen MR) is 199 cm³/mol. The zero-order valence-electron chi connectivity index (χ0n) is 29.4. The molecule has 1 heterocycles. The summed E-state index contributed by atoms with van der Waals surface area (Å²) in [5, 5.41) is 18.5. The third-order valence-electron chi connectivity index (χ3n) is 8.89. The Morgan fingerprint density at radius 3 is 2.37 bits per heavy atom. The van der Waals surface area contributed by atoms with Crippen molar-refractivity contribution >= 4 is 40.6 Å². The number of amides is 4. The van der Waals surface area contributed by atoms with Crippen LogP contribution in [0.15, 0.2) is 91.0 Å². The van der Waals surface area contributed by atoms with Crippen LogP contribution in [0.4, 0.5) is 27.5 Å². The number of rotatable bonds is 11. The van der Waals surface area contributed by atoms with Gasteiger partial charge < -0.3 is 41.2 Å². The lowest BCUT2D eigenvalue weighted by Crippen LogP contribution is -2.47. The van der Waals surface area contributed by atoms with Crippen molar-refractivity contribution in [2.75, 3.05) is 55.5 Å². The zero-order valence-corrected chi connectivity index (χ0v) is 29.4. The smallest absolute Gasteiger partial charge is 0.323 e. The molecule has 6 N–H and O–H groups in total. The van der Waals surface area contributed by atoms with Gasteiger partial charge in [-0.25, -0.2) is 4.79 Å². The fourth-order valence-corrected chi connectivity index (χ4v) is 5.94. The SMILES string of the molecule is COc1ccc(NC(=O)Nc2ccc3c(c2)CC(=O)N([C@@H](C)CO)C[C@@H](C)[C@@H](CN(C)Cc2ccc(C(=O)Nc4ccccc4N)cc2)O3)cc1. The van der Waals surface area contributed by atoms with E-state index >= 15 is 0 Å². The Balaban J connectivity index is 1.28. The number of likely N-dealkylation sites (N-methyl/N-ethyl adjacent to an activating group) is 1. The second-order valence-corrected chi connectivity index (χ2v) is 13.0. The third-order valence-corrected chi connectivity index (χ3v) is 8.89. The van der Waals surface area contributed by atoms with Crippen LogP contribution in [0.2, 0.25) is 0 Å². The number of para-hydroxylation sites is 2. The quantitative estimate of drug-likeness (QED) is 0.130. The number of aliphatic hydroxyl groups is 1. The molecule has 5 rings (SSSR count).